The number of rotatable bonds is 18. The first kappa shape index (κ1) is 22.9. The van der Waals surface area contributed by atoms with Gasteiger partial charge in [0, 0.05) is 0 Å². The molecule has 0 rings (SSSR count). The van der Waals surface area contributed by atoms with Crippen LogP contribution in [0.2, 0.25) is 0 Å². The Morgan fingerprint density at radius 2 is 0.957 bits per heavy atom. The molecule has 140 valence electrons. The Kier molecular flexibility index (Phi) is 16.7. The van der Waals surface area contributed by atoms with Crippen molar-refractivity contribution in [2.24, 2.45) is 0 Å². The van der Waals surface area contributed by atoms with Crippen molar-refractivity contribution in [1.29, 1.82) is 0 Å². The molecule has 0 saturated heterocycles. The van der Waals surface area contributed by atoms with Gasteiger partial charge in [-0.1, -0.05) is 97.3 Å². The molecule has 0 aromatic heterocycles. The Morgan fingerprint density at radius 3 is 1.43 bits per heavy atom. The SMILES string of the molecule is CCCCCCCCCCCCCS(=O)(=O)OCCCCCC. The van der Waals surface area contributed by atoms with E-state index in [9.17, 15) is 8.42 Å². The first-order valence-corrected chi connectivity index (χ1v) is 11.6. The van der Waals surface area contributed by atoms with Gasteiger partial charge in [-0.05, 0) is 12.8 Å². The van der Waals surface area contributed by atoms with E-state index in [2.05, 4.69) is 13.8 Å². The molecule has 0 spiro atoms. The van der Waals surface area contributed by atoms with Gasteiger partial charge >= 0.3 is 0 Å². The minimum Gasteiger partial charge on any atom is -0.270 e. The second-order valence-corrected chi connectivity index (χ2v) is 8.44. The third kappa shape index (κ3) is 18.1. The normalized spacial score (nSPS) is 11.9. The fraction of sp³-hybridized carbons (Fsp3) is 1.00. The summed E-state index contributed by atoms with van der Waals surface area (Å²) in [6.45, 7) is 4.75. The molecule has 0 saturated carbocycles. The van der Waals surface area contributed by atoms with E-state index >= 15 is 0 Å². The Morgan fingerprint density at radius 1 is 0.565 bits per heavy atom. The monoisotopic (exact) mass is 348 g/mol. The summed E-state index contributed by atoms with van der Waals surface area (Å²) in [6, 6.07) is 0. The van der Waals surface area contributed by atoms with Crippen LogP contribution in [0, 0.1) is 0 Å². The zero-order chi connectivity index (χ0) is 17.2. The minimum absolute atomic E-state index is 0.192. The quantitative estimate of drug-likeness (QED) is 0.218. The van der Waals surface area contributed by atoms with Crippen molar-refractivity contribution in [3.63, 3.8) is 0 Å². The zero-order valence-corrected chi connectivity index (χ0v) is 16.5. The van der Waals surface area contributed by atoms with Crippen LogP contribution < -0.4 is 0 Å². The van der Waals surface area contributed by atoms with Crippen LogP contribution in [-0.2, 0) is 14.3 Å². The van der Waals surface area contributed by atoms with Crippen LogP contribution in [0.1, 0.15) is 110 Å². The summed E-state index contributed by atoms with van der Waals surface area (Å²) in [4.78, 5) is 0. The molecule has 23 heavy (non-hydrogen) atoms. The van der Waals surface area contributed by atoms with Crippen molar-refractivity contribution in [3.8, 4) is 0 Å². The molecule has 0 fully saturated rings. The summed E-state index contributed by atoms with van der Waals surface area (Å²) in [5.41, 5.74) is 0. The molecular formula is C19H40O3S. The second kappa shape index (κ2) is 16.8. The van der Waals surface area contributed by atoms with Crippen LogP contribution in [0.25, 0.3) is 0 Å². The highest BCUT2D eigenvalue weighted by atomic mass is 32.2. The maximum Gasteiger partial charge on any atom is 0.267 e. The largest absolute Gasteiger partial charge is 0.270 e. The Labute approximate surface area is 145 Å². The topological polar surface area (TPSA) is 43.4 Å². The summed E-state index contributed by atoms with van der Waals surface area (Å²) >= 11 is 0. The van der Waals surface area contributed by atoms with E-state index in [1.54, 1.807) is 0 Å². The highest BCUT2D eigenvalue weighted by Crippen LogP contribution is 2.12. The van der Waals surface area contributed by atoms with E-state index in [4.69, 9.17) is 4.18 Å². The number of unbranched alkanes of at least 4 members (excludes halogenated alkanes) is 13. The molecular weight excluding hydrogens is 308 g/mol. The van der Waals surface area contributed by atoms with Crippen molar-refractivity contribution in [1.82, 2.24) is 0 Å². The Bertz CT molecular complexity index is 326. The first-order chi connectivity index (χ1) is 11.1. The summed E-state index contributed by atoms with van der Waals surface area (Å²) in [5.74, 6) is 0.192. The molecule has 0 bridgehead atoms. The molecule has 3 nitrogen and oxygen atoms in total. The highest BCUT2D eigenvalue weighted by molar-refractivity contribution is 7.86. The van der Waals surface area contributed by atoms with Gasteiger partial charge in [-0.2, -0.15) is 8.42 Å². The van der Waals surface area contributed by atoms with Crippen LogP contribution in [0.3, 0.4) is 0 Å². The molecule has 0 heterocycles. The maximum atomic E-state index is 11.7. The predicted molar refractivity (Wildman–Crippen MR) is 100 cm³/mol. The van der Waals surface area contributed by atoms with Crippen molar-refractivity contribution in [2.75, 3.05) is 12.4 Å². The molecule has 0 N–H and O–H groups in total. The molecule has 0 aliphatic heterocycles. The second-order valence-electron chi connectivity index (χ2n) is 6.68. The Balaban J connectivity index is 3.32. The van der Waals surface area contributed by atoms with Crippen LogP contribution in [0.15, 0.2) is 0 Å². The van der Waals surface area contributed by atoms with Crippen LogP contribution in [0.5, 0.6) is 0 Å². The summed E-state index contributed by atoms with van der Waals surface area (Å²) < 4.78 is 28.4. The fourth-order valence-electron chi connectivity index (χ4n) is 2.72. The van der Waals surface area contributed by atoms with Crippen molar-refractivity contribution >= 4 is 10.1 Å². The van der Waals surface area contributed by atoms with E-state index in [1.807, 2.05) is 0 Å². The third-order valence-electron chi connectivity index (χ3n) is 4.26. The molecule has 4 heteroatoms. The van der Waals surface area contributed by atoms with Gasteiger partial charge in [-0.3, -0.25) is 4.18 Å². The van der Waals surface area contributed by atoms with Gasteiger partial charge in [-0.15, -0.1) is 0 Å². The van der Waals surface area contributed by atoms with Gasteiger partial charge in [0.05, 0.1) is 12.4 Å². The lowest BCUT2D eigenvalue weighted by atomic mass is 10.1. The van der Waals surface area contributed by atoms with Gasteiger partial charge in [0.15, 0.2) is 0 Å². The first-order valence-electron chi connectivity index (χ1n) is 9.99. The van der Waals surface area contributed by atoms with Gasteiger partial charge in [0.2, 0.25) is 0 Å². The van der Waals surface area contributed by atoms with Crippen molar-refractivity contribution in [3.05, 3.63) is 0 Å². The zero-order valence-electron chi connectivity index (χ0n) is 15.7. The number of hydrogen-bond acceptors (Lipinski definition) is 3. The lowest BCUT2D eigenvalue weighted by molar-refractivity contribution is 0.306. The van der Waals surface area contributed by atoms with Gasteiger partial charge in [0.1, 0.15) is 0 Å². The highest BCUT2D eigenvalue weighted by Gasteiger charge is 2.10. The van der Waals surface area contributed by atoms with Gasteiger partial charge < -0.3 is 0 Å². The van der Waals surface area contributed by atoms with Crippen LogP contribution in [-0.4, -0.2) is 20.8 Å². The lowest BCUT2D eigenvalue weighted by Crippen LogP contribution is -2.11. The van der Waals surface area contributed by atoms with E-state index in [1.165, 1.54) is 51.4 Å². The molecule has 0 radical (unpaired) electrons. The number of hydrogen-bond donors (Lipinski definition) is 0. The predicted octanol–water partition coefficient (Wildman–Crippen LogP) is 6.22. The van der Waals surface area contributed by atoms with Crippen LogP contribution in [0.4, 0.5) is 0 Å². The average Bonchev–Trinajstić information content (AvgIpc) is 2.52. The fourth-order valence-corrected chi connectivity index (χ4v) is 3.76. The molecule has 0 aromatic carbocycles. The smallest absolute Gasteiger partial charge is 0.267 e. The molecule has 0 unspecified atom stereocenters. The van der Waals surface area contributed by atoms with Crippen molar-refractivity contribution in [2.45, 2.75) is 110 Å². The molecule has 0 atom stereocenters. The Hall–Kier alpha value is -0.0900. The van der Waals surface area contributed by atoms with E-state index < -0.39 is 10.1 Å². The van der Waals surface area contributed by atoms with Gasteiger partial charge in [-0.25, -0.2) is 0 Å². The van der Waals surface area contributed by atoms with E-state index in [-0.39, 0.29) is 5.75 Å². The molecule has 0 aromatic rings. The minimum atomic E-state index is -3.28. The third-order valence-corrected chi connectivity index (χ3v) is 5.57. The summed E-state index contributed by atoms with van der Waals surface area (Å²) in [5, 5.41) is 0. The standard InChI is InChI=1S/C19H40O3S/c1-3-5-7-9-10-11-12-13-14-15-17-19-23(20,21)22-18-16-8-6-4-2/h3-19H2,1-2H3. The molecule has 0 amide bonds. The molecule has 0 aliphatic carbocycles. The lowest BCUT2D eigenvalue weighted by Gasteiger charge is -2.06. The maximum absolute atomic E-state index is 11.7. The average molecular weight is 349 g/mol. The van der Waals surface area contributed by atoms with Gasteiger partial charge in [0.25, 0.3) is 10.1 Å². The van der Waals surface area contributed by atoms with E-state index in [0.717, 1.165) is 44.9 Å². The van der Waals surface area contributed by atoms with E-state index in [0.29, 0.717) is 6.61 Å². The van der Waals surface area contributed by atoms with Crippen molar-refractivity contribution < 1.29 is 12.6 Å². The summed E-state index contributed by atoms with van der Waals surface area (Å²) in [6.07, 6.45) is 17.8. The van der Waals surface area contributed by atoms with Crippen LogP contribution >= 0.6 is 0 Å². The summed E-state index contributed by atoms with van der Waals surface area (Å²) in [7, 11) is -3.28. The molecule has 0 aliphatic rings.